The van der Waals surface area contributed by atoms with Crippen molar-refractivity contribution >= 4 is 17.3 Å². The molecule has 1 heterocycles. The summed E-state index contributed by atoms with van der Waals surface area (Å²) in [5, 5.41) is 12.6. The van der Waals surface area contributed by atoms with E-state index in [0.29, 0.717) is 12.1 Å². The first kappa shape index (κ1) is 15.0. The van der Waals surface area contributed by atoms with E-state index < -0.39 is 5.97 Å². The predicted molar refractivity (Wildman–Crippen MR) is 84.6 cm³/mol. The van der Waals surface area contributed by atoms with Gasteiger partial charge in [-0.05, 0) is 50.7 Å². The van der Waals surface area contributed by atoms with Gasteiger partial charge in [-0.1, -0.05) is 0 Å². The molecule has 5 heteroatoms. The minimum Gasteiger partial charge on any atom is -0.480 e. The molecule has 116 valence electrons. The Morgan fingerprint density at radius 2 is 2.19 bits per heavy atom. The smallest absolute Gasteiger partial charge is 0.317 e. The topological polar surface area (TPSA) is 52.6 Å². The molecule has 2 fully saturated rings. The van der Waals surface area contributed by atoms with Crippen molar-refractivity contribution in [1.82, 2.24) is 10.2 Å². The molecule has 2 aliphatic rings. The van der Waals surface area contributed by atoms with Gasteiger partial charge in [0.1, 0.15) is 0 Å². The molecule has 0 amide bonds. The molecule has 0 saturated heterocycles. The molecule has 1 aromatic rings. The van der Waals surface area contributed by atoms with Crippen LogP contribution in [0.4, 0.5) is 0 Å². The van der Waals surface area contributed by atoms with Crippen LogP contribution in [0.2, 0.25) is 0 Å². The molecule has 0 aliphatic heterocycles. The summed E-state index contributed by atoms with van der Waals surface area (Å²) in [5.74, 6) is 0.0616. The van der Waals surface area contributed by atoms with Gasteiger partial charge in [0.25, 0.3) is 0 Å². The average Bonchev–Trinajstić information content (AvgIpc) is 3.07. The van der Waals surface area contributed by atoms with Crippen LogP contribution in [0.5, 0.6) is 0 Å². The molecule has 2 N–H and O–H groups in total. The molecule has 2 saturated carbocycles. The SMILES string of the molecule is Cc1ccc(CNC2CC(N(CC(=O)O)CC3CC3)C2)s1. The van der Waals surface area contributed by atoms with Gasteiger partial charge < -0.3 is 10.4 Å². The molecule has 3 rings (SSSR count). The number of thiophene rings is 1. The van der Waals surface area contributed by atoms with Crippen LogP contribution in [0.25, 0.3) is 0 Å². The average molecular weight is 308 g/mol. The van der Waals surface area contributed by atoms with Crippen LogP contribution in [0.1, 0.15) is 35.4 Å². The highest BCUT2D eigenvalue weighted by Gasteiger charge is 2.36. The number of aryl methyl sites for hydroxylation is 1. The lowest BCUT2D eigenvalue weighted by molar-refractivity contribution is -0.139. The van der Waals surface area contributed by atoms with Crippen LogP contribution >= 0.6 is 11.3 Å². The summed E-state index contributed by atoms with van der Waals surface area (Å²) >= 11 is 1.85. The third-order valence-electron chi connectivity index (χ3n) is 4.52. The van der Waals surface area contributed by atoms with Gasteiger partial charge in [0.15, 0.2) is 0 Å². The monoisotopic (exact) mass is 308 g/mol. The van der Waals surface area contributed by atoms with Crippen molar-refractivity contribution in [2.45, 2.75) is 51.2 Å². The van der Waals surface area contributed by atoms with Crippen LogP contribution in [0.3, 0.4) is 0 Å². The summed E-state index contributed by atoms with van der Waals surface area (Å²) in [5.41, 5.74) is 0. The first-order valence-electron chi connectivity index (χ1n) is 7.84. The third kappa shape index (κ3) is 4.28. The highest BCUT2D eigenvalue weighted by atomic mass is 32.1. The second-order valence-electron chi connectivity index (χ2n) is 6.48. The number of aliphatic carboxylic acids is 1. The lowest BCUT2D eigenvalue weighted by Crippen LogP contribution is -2.54. The van der Waals surface area contributed by atoms with Crippen LogP contribution in [-0.2, 0) is 11.3 Å². The molecule has 0 aromatic carbocycles. The van der Waals surface area contributed by atoms with Crippen LogP contribution in [0, 0.1) is 12.8 Å². The van der Waals surface area contributed by atoms with Gasteiger partial charge in [0.2, 0.25) is 0 Å². The van der Waals surface area contributed by atoms with E-state index in [9.17, 15) is 4.79 Å². The largest absolute Gasteiger partial charge is 0.480 e. The summed E-state index contributed by atoms with van der Waals surface area (Å²) in [7, 11) is 0. The zero-order valence-corrected chi connectivity index (χ0v) is 13.4. The number of hydrogen-bond acceptors (Lipinski definition) is 4. The number of carboxylic acids is 1. The summed E-state index contributed by atoms with van der Waals surface area (Å²) in [6, 6.07) is 5.36. The van der Waals surface area contributed by atoms with E-state index in [0.717, 1.165) is 31.8 Å². The van der Waals surface area contributed by atoms with E-state index in [2.05, 4.69) is 29.3 Å². The number of rotatable bonds is 8. The summed E-state index contributed by atoms with van der Waals surface area (Å²) in [4.78, 5) is 15.9. The lowest BCUT2D eigenvalue weighted by Gasteiger charge is -2.43. The van der Waals surface area contributed by atoms with E-state index >= 15 is 0 Å². The van der Waals surface area contributed by atoms with Crippen molar-refractivity contribution < 1.29 is 9.90 Å². The van der Waals surface area contributed by atoms with Crippen molar-refractivity contribution in [3.63, 3.8) is 0 Å². The van der Waals surface area contributed by atoms with Crippen molar-refractivity contribution in [2.75, 3.05) is 13.1 Å². The Hall–Kier alpha value is -0.910. The third-order valence-corrected chi connectivity index (χ3v) is 5.52. The Morgan fingerprint density at radius 3 is 2.76 bits per heavy atom. The second kappa shape index (κ2) is 6.46. The predicted octanol–water partition coefficient (Wildman–Crippen LogP) is 2.47. The first-order chi connectivity index (χ1) is 10.1. The van der Waals surface area contributed by atoms with Gasteiger partial charge in [-0.2, -0.15) is 0 Å². The minimum atomic E-state index is -0.693. The van der Waals surface area contributed by atoms with Gasteiger partial charge in [-0.3, -0.25) is 9.69 Å². The molecular weight excluding hydrogens is 284 g/mol. The standard InChI is InChI=1S/C16H24N2O2S/c1-11-2-5-15(21-11)8-17-13-6-14(7-13)18(10-16(19)20)9-12-3-4-12/h2,5,12-14,17H,3-4,6-10H2,1H3,(H,19,20). The fourth-order valence-corrected chi connectivity index (χ4v) is 3.87. The van der Waals surface area contributed by atoms with Crippen molar-refractivity contribution in [1.29, 1.82) is 0 Å². The van der Waals surface area contributed by atoms with E-state index in [1.165, 1.54) is 22.6 Å². The summed E-state index contributed by atoms with van der Waals surface area (Å²) in [6.45, 7) is 4.26. The second-order valence-corrected chi connectivity index (χ2v) is 7.85. The normalized spacial score (nSPS) is 25.0. The molecule has 0 radical (unpaired) electrons. The van der Waals surface area contributed by atoms with E-state index in [4.69, 9.17) is 5.11 Å². The number of carbonyl (C=O) groups is 1. The number of hydrogen-bond donors (Lipinski definition) is 2. The summed E-state index contributed by atoms with van der Waals surface area (Å²) in [6.07, 6.45) is 4.74. The van der Waals surface area contributed by atoms with E-state index in [1.807, 2.05) is 11.3 Å². The maximum Gasteiger partial charge on any atom is 0.317 e. The van der Waals surface area contributed by atoms with Crippen LogP contribution in [0.15, 0.2) is 12.1 Å². The Labute approximate surface area is 130 Å². The van der Waals surface area contributed by atoms with Gasteiger partial charge in [0.05, 0.1) is 6.54 Å². The van der Waals surface area contributed by atoms with E-state index in [1.54, 1.807) is 0 Å². The first-order valence-corrected chi connectivity index (χ1v) is 8.66. The Bertz CT molecular complexity index is 492. The van der Waals surface area contributed by atoms with Crippen LogP contribution in [-0.4, -0.2) is 41.1 Å². The number of carboxylic acid groups (broad SMARTS) is 1. The van der Waals surface area contributed by atoms with Gasteiger partial charge in [-0.25, -0.2) is 0 Å². The maximum atomic E-state index is 11.0. The highest BCUT2D eigenvalue weighted by Crippen LogP contribution is 2.33. The highest BCUT2D eigenvalue weighted by molar-refractivity contribution is 7.11. The maximum absolute atomic E-state index is 11.0. The Balaban J connectivity index is 1.41. The van der Waals surface area contributed by atoms with Crippen molar-refractivity contribution in [3.05, 3.63) is 21.9 Å². The Morgan fingerprint density at radius 1 is 1.43 bits per heavy atom. The minimum absolute atomic E-state index is 0.206. The van der Waals surface area contributed by atoms with Crippen LogP contribution < -0.4 is 5.32 Å². The van der Waals surface area contributed by atoms with Gasteiger partial charge in [0, 0.05) is 34.9 Å². The summed E-state index contributed by atoms with van der Waals surface area (Å²) < 4.78 is 0. The molecular formula is C16H24N2O2S. The van der Waals surface area contributed by atoms with Gasteiger partial charge >= 0.3 is 5.97 Å². The van der Waals surface area contributed by atoms with E-state index in [-0.39, 0.29) is 6.54 Å². The molecule has 0 unspecified atom stereocenters. The number of nitrogens with zero attached hydrogens (tertiary/aromatic N) is 1. The lowest BCUT2D eigenvalue weighted by atomic mass is 9.85. The van der Waals surface area contributed by atoms with Crippen molar-refractivity contribution in [2.24, 2.45) is 5.92 Å². The quantitative estimate of drug-likeness (QED) is 0.775. The Kier molecular flexibility index (Phi) is 4.62. The molecule has 4 nitrogen and oxygen atoms in total. The molecule has 21 heavy (non-hydrogen) atoms. The molecule has 0 spiro atoms. The zero-order valence-electron chi connectivity index (χ0n) is 12.5. The molecule has 1 aromatic heterocycles. The number of nitrogens with one attached hydrogen (secondary N) is 1. The van der Waals surface area contributed by atoms with Gasteiger partial charge in [-0.15, -0.1) is 11.3 Å². The zero-order chi connectivity index (χ0) is 14.8. The molecule has 2 aliphatic carbocycles. The molecule has 0 bridgehead atoms. The molecule has 0 atom stereocenters. The fraction of sp³-hybridized carbons (Fsp3) is 0.688. The van der Waals surface area contributed by atoms with Crippen molar-refractivity contribution in [3.8, 4) is 0 Å². The fourth-order valence-electron chi connectivity index (χ4n) is 3.03.